The summed E-state index contributed by atoms with van der Waals surface area (Å²) in [6, 6.07) is 23.1. The number of fused-ring (bicyclic) bond motifs is 2. The van der Waals surface area contributed by atoms with Crippen molar-refractivity contribution >= 4 is 11.8 Å². The van der Waals surface area contributed by atoms with Gasteiger partial charge < -0.3 is 40.5 Å². The zero-order chi connectivity index (χ0) is 35.4. The maximum atomic E-state index is 13.9. The Hall–Kier alpha value is -4.56. The van der Waals surface area contributed by atoms with Crippen LogP contribution in [0.1, 0.15) is 45.5 Å². The third-order valence-electron chi connectivity index (χ3n) is 9.18. The molecule has 262 valence electrons. The summed E-state index contributed by atoms with van der Waals surface area (Å²) in [6.07, 6.45) is -9.16. The Morgan fingerprint density at radius 1 is 0.620 bits per heavy atom. The number of ether oxygens (including phenoxy) is 2. The molecule has 4 aromatic carbocycles. The van der Waals surface area contributed by atoms with Gasteiger partial charge in [0.05, 0.1) is 37.5 Å². The van der Waals surface area contributed by atoms with Gasteiger partial charge in [-0.2, -0.15) is 0 Å². The van der Waals surface area contributed by atoms with Crippen molar-refractivity contribution in [1.29, 1.82) is 0 Å². The summed E-state index contributed by atoms with van der Waals surface area (Å²) in [5.74, 6) is -2.77. The molecule has 2 aliphatic carbocycles. The molecule has 6 N–H and O–H groups in total. The molecular weight excluding hydrogens is 650 g/mol. The van der Waals surface area contributed by atoms with Gasteiger partial charge in [0.15, 0.2) is 12.2 Å². The van der Waals surface area contributed by atoms with Crippen LogP contribution in [0.4, 0.5) is 8.78 Å². The maximum Gasteiger partial charge on any atom is 0.252 e. The lowest BCUT2D eigenvalue weighted by Crippen LogP contribution is -2.57. The van der Waals surface area contributed by atoms with Crippen LogP contribution in [0.5, 0.6) is 0 Å². The number of aliphatic hydroxyl groups excluding tert-OH is 4. The molecule has 0 spiro atoms. The predicted octanol–water partition coefficient (Wildman–Crippen LogP) is 2.71. The second kappa shape index (κ2) is 15.5. The van der Waals surface area contributed by atoms with E-state index in [1.54, 1.807) is 24.3 Å². The van der Waals surface area contributed by atoms with E-state index in [-0.39, 0.29) is 26.1 Å². The molecule has 0 fully saturated rings. The Labute approximate surface area is 287 Å². The highest BCUT2D eigenvalue weighted by Gasteiger charge is 2.44. The van der Waals surface area contributed by atoms with Gasteiger partial charge in [-0.3, -0.25) is 9.59 Å². The third kappa shape index (κ3) is 7.91. The average molecular weight is 689 g/mol. The Balaban J connectivity index is 1.26. The van der Waals surface area contributed by atoms with Crippen molar-refractivity contribution < 1.29 is 48.3 Å². The predicted molar refractivity (Wildman–Crippen MR) is 176 cm³/mol. The van der Waals surface area contributed by atoms with Crippen molar-refractivity contribution in [2.75, 3.05) is 0 Å². The molecule has 2 aliphatic rings. The molecular formula is C38H38F2N2O8. The van der Waals surface area contributed by atoms with E-state index in [9.17, 15) is 38.8 Å². The molecule has 12 heteroatoms. The Morgan fingerprint density at radius 2 is 0.980 bits per heavy atom. The van der Waals surface area contributed by atoms with E-state index in [0.717, 1.165) is 11.1 Å². The van der Waals surface area contributed by atoms with Gasteiger partial charge >= 0.3 is 0 Å². The van der Waals surface area contributed by atoms with Crippen LogP contribution in [0.3, 0.4) is 0 Å². The fraction of sp³-hybridized carbons (Fsp3) is 0.316. The summed E-state index contributed by atoms with van der Waals surface area (Å²) >= 11 is 0. The first-order chi connectivity index (χ1) is 24.1. The number of carbonyl (C=O) groups excluding carboxylic acids is 2. The minimum absolute atomic E-state index is 0.281. The molecule has 0 bridgehead atoms. The number of hydrogen-bond acceptors (Lipinski definition) is 8. The van der Waals surface area contributed by atoms with Crippen LogP contribution in [0.25, 0.3) is 0 Å². The van der Waals surface area contributed by atoms with Gasteiger partial charge in [-0.05, 0) is 57.6 Å². The molecule has 2 amide bonds. The average Bonchev–Trinajstić information content (AvgIpc) is 3.60. The largest absolute Gasteiger partial charge is 0.390 e. The van der Waals surface area contributed by atoms with Gasteiger partial charge in [-0.25, -0.2) is 8.78 Å². The normalized spacial score (nSPS) is 21.8. The standard InChI is InChI=1S/C38H38F2N2O8/c39-25-13-9-21(10-14-25)19-49-35(37(47)41-31-27-7-3-1-5-23(27)17-29(31)43)33(45)34(46)36(50-20-22-11-15-26(40)16-12-22)38(48)42-32-28-8-4-2-6-24(28)18-30(32)44/h1-16,29-36,43-46H,17-20H2,(H,41,47)(H,42,48)/t29-,30-,31+,32?,33-,34-,35-,36-/m1/s1. The van der Waals surface area contributed by atoms with E-state index >= 15 is 0 Å². The van der Waals surface area contributed by atoms with E-state index in [0.29, 0.717) is 22.3 Å². The van der Waals surface area contributed by atoms with Gasteiger partial charge in [0, 0.05) is 12.8 Å². The second-order valence-corrected chi connectivity index (χ2v) is 12.6. The minimum atomic E-state index is -2.08. The second-order valence-electron chi connectivity index (χ2n) is 12.6. The molecule has 0 radical (unpaired) electrons. The fourth-order valence-electron chi connectivity index (χ4n) is 6.52. The molecule has 0 heterocycles. The zero-order valence-electron chi connectivity index (χ0n) is 26.9. The van der Waals surface area contributed by atoms with E-state index in [1.807, 2.05) is 24.3 Å². The molecule has 8 atom stereocenters. The third-order valence-corrected chi connectivity index (χ3v) is 9.18. The first kappa shape index (κ1) is 35.3. The van der Waals surface area contributed by atoms with Crippen molar-refractivity contribution in [3.05, 3.63) is 142 Å². The first-order valence-electron chi connectivity index (χ1n) is 16.3. The molecule has 0 saturated carbocycles. The summed E-state index contributed by atoms with van der Waals surface area (Å²) in [7, 11) is 0. The number of rotatable bonds is 13. The zero-order valence-corrected chi connectivity index (χ0v) is 26.9. The van der Waals surface area contributed by atoms with E-state index in [4.69, 9.17) is 9.47 Å². The van der Waals surface area contributed by atoms with Gasteiger partial charge in [0.1, 0.15) is 23.8 Å². The molecule has 1 unspecified atom stereocenters. The molecule has 0 aromatic heterocycles. The van der Waals surface area contributed by atoms with Crippen molar-refractivity contribution in [2.45, 2.75) is 74.8 Å². The Kier molecular flexibility index (Phi) is 11.0. The monoisotopic (exact) mass is 688 g/mol. The van der Waals surface area contributed by atoms with Crippen molar-refractivity contribution in [3.63, 3.8) is 0 Å². The SMILES string of the molecule is O=C(NC1c2ccccc2C[C@H]1O)[C@H](OCc1ccc(F)cc1)[C@H](O)[C@@H](O)[C@@H](OCc1ccc(F)cc1)C(=O)N[C@H]1c2ccccc2C[C@H]1O. The Morgan fingerprint density at radius 3 is 1.36 bits per heavy atom. The van der Waals surface area contributed by atoms with Gasteiger partial charge in [-0.1, -0.05) is 72.8 Å². The highest BCUT2D eigenvalue weighted by atomic mass is 19.1. The maximum absolute atomic E-state index is 13.9. The summed E-state index contributed by atoms with van der Waals surface area (Å²) in [4.78, 5) is 27.7. The number of nitrogens with one attached hydrogen (secondary N) is 2. The van der Waals surface area contributed by atoms with Crippen LogP contribution in [-0.2, 0) is 45.1 Å². The van der Waals surface area contributed by atoms with Crippen LogP contribution >= 0.6 is 0 Å². The molecule has 0 saturated heterocycles. The number of carbonyl (C=O) groups is 2. The lowest BCUT2D eigenvalue weighted by atomic mass is 9.99. The number of halogens is 2. The Bertz CT molecular complexity index is 1660. The number of aliphatic hydroxyl groups is 4. The van der Waals surface area contributed by atoms with Crippen molar-refractivity contribution in [1.82, 2.24) is 10.6 Å². The summed E-state index contributed by atoms with van der Waals surface area (Å²) in [6.45, 7) is -0.575. The first-order valence-corrected chi connectivity index (χ1v) is 16.3. The summed E-state index contributed by atoms with van der Waals surface area (Å²) in [5, 5.41) is 50.2. The smallest absolute Gasteiger partial charge is 0.252 e. The van der Waals surface area contributed by atoms with Crippen LogP contribution in [0.2, 0.25) is 0 Å². The molecule has 0 aliphatic heterocycles. The van der Waals surface area contributed by atoms with Gasteiger partial charge in [0.2, 0.25) is 0 Å². The van der Waals surface area contributed by atoms with Crippen LogP contribution in [-0.4, -0.2) is 68.9 Å². The number of amides is 2. The summed E-state index contributed by atoms with van der Waals surface area (Å²) < 4.78 is 38.9. The molecule has 10 nitrogen and oxygen atoms in total. The lowest BCUT2D eigenvalue weighted by molar-refractivity contribution is -0.171. The molecule has 50 heavy (non-hydrogen) atoms. The van der Waals surface area contributed by atoms with Crippen molar-refractivity contribution in [2.24, 2.45) is 0 Å². The quantitative estimate of drug-likeness (QED) is 0.125. The highest BCUT2D eigenvalue weighted by molar-refractivity contribution is 5.84. The number of hydrogen-bond donors (Lipinski definition) is 6. The van der Waals surface area contributed by atoms with Crippen LogP contribution in [0.15, 0.2) is 97.1 Å². The highest BCUT2D eigenvalue weighted by Crippen LogP contribution is 2.33. The summed E-state index contributed by atoms with van der Waals surface area (Å²) in [5.41, 5.74) is 3.92. The van der Waals surface area contributed by atoms with E-state index in [2.05, 4.69) is 10.6 Å². The fourth-order valence-corrected chi connectivity index (χ4v) is 6.52. The van der Waals surface area contributed by atoms with Crippen LogP contribution < -0.4 is 10.6 Å². The lowest BCUT2D eigenvalue weighted by Gasteiger charge is -2.32. The molecule has 4 aromatic rings. The van der Waals surface area contributed by atoms with Crippen molar-refractivity contribution in [3.8, 4) is 0 Å². The van der Waals surface area contributed by atoms with Gasteiger partial charge in [-0.15, -0.1) is 0 Å². The van der Waals surface area contributed by atoms with Crippen LogP contribution in [0, 0.1) is 11.6 Å². The van der Waals surface area contributed by atoms with E-state index in [1.165, 1.54) is 48.5 Å². The topological polar surface area (TPSA) is 158 Å². The number of benzene rings is 4. The minimum Gasteiger partial charge on any atom is -0.390 e. The van der Waals surface area contributed by atoms with E-state index < -0.39 is 72.2 Å². The van der Waals surface area contributed by atoms with Gasteiger partial charge in [0.25, 0.3) is 11.8 Å². The molecule has 6 rings (SSSR count).